The van der Waals surface area contributed by atoms with E-state index in [-0.39, 0.29) is 0 Å². The maximum atomic E-state index is 6.55. The van der Waals surface area contributed by atoms with Crippen molar-refractivity contribution >= 4 is 8.80 Å². The van der Waals surface area contributed by atoms with Gasteiger partial charge < -0.3 is 24.7 Å². The summed E-state index contributed by atoms with van der Waals surface area (Å²) in [6.07, 6.45) is 3.67. The number of hydrogen-bond donors (Lipinski definition) is 2. The zero-order chi connectivity index (χ0) is 17.2. The Morgan fingerprint density at radius 2 is 2.00 bits per heavy atom. The predicted octanol–water partition coefficient (Wildman–Crippen LogP) is 2.45. The molecule has 0 amide bonds. The van der Waals surface area contributed by atoms with E-state index in [1.165, 1.54) is 0 Å². The molecule has 0 fully saturated rings. The Labute approximate surface area is 141 Å². The van der Waals surface area contributed by atoms with Crippen LogP contribution in [0.5, 0.6) is 0 Å². The molecular formula is C17H30N2O3Si. The second kappa shape index (κ2) is 9.97. The lowest BCUT2D eigenvalue weighted by Gasteiger charge is -2.38. The molecule has 0 saturated heterocycles. The van der Waals surface area contributed by atoms with Gasteiger partial charge >= 0.3 is 8.80 Å². The molecule has 0 aromatic heterocycles. The minimum atomic E-state index is -2.87. The van der Waals surface area contributed by atoms with Crippen LogP contribution >= 0.6 is 0 Å². The summed E-state index contributed by atoms with van der Waals surface area (Å²) in [5.74, 6) is 0. The molecule has 1 aromatic rings. The Bertz CT molecular complexity index is 460. The van der Waals surface area contributed by atoms with Crippen LogP contribution in [0.2, 0.25) is 6.04 Å². The summed E-state index contributed by atoms with van der Waals surface area (Å²) in [4.78, 5) is 0. The summed E-state index contributed by atoms with van der Waals surface area (Å²) in [6.45, 7) is 6.58. The highest BCUT2D eigenvalue weighted by Crippen LogP contribution is 2.26. The van der Waals surface area contributed by atoms with Crippen molar-refractivity contribution < 1.29 is 13.3 Å². The molecule has 0 radical (unpaired) electrons. The minimum absolute atomic E-state index is 0.379. The molecule has 23 heavy (non-hydrogen) atoms. The molecule has 0 bridgehead atoms. The van der Waals surface area contributed by atoms with Gasteiger partial charge in [-0.25, -0.2) is 0 Å². The normalized spacial score (nSPS) is 16.5. The van der Waals surface area contributed by atoms with Crippen molar-refractivity contribution in [3.63, 3.8) is 0 Å². The molecule has 130 valence electrons. The van der Waals surface area contributed by atoms with Gasteiger partial charge in [0, 0.05) is 26.0 Å². The van der Waals surface area contributed by atoms with Crippen LogP contribution in [0, 0.1) is 0 Å². The Kier molecular flexibility index (Phi) is 8.68. The topological polar surface area (TPSA) is 79.7 Å². The molecule has 0 saturated carbocycles. The molecule has 2 atom stereocenters. The highest BCUT2D eigenvalue weighted by Gasteiger charge is 2.45. The lowest BCUT2D eigenvalue weighted by Crippen LogP contribution is -2.58. The van der Waals surface area contributed by atoms with E-state index in [1.54, 1.807) is 13.2 Å². The summed E-state index contributed by atoms with van der Waals surface area (Å²) in [6, 6.07) is 10.7. The van der Waals surface area contributed by atoms with Gasteiger partial charge in [0.05, 0.1) is 6.61 Å². The van der Waals surface area contributed by atoms with Gasteiger partial charge in [-0.3, -0.25) is 0 Å². The smallest absolute Gasteiger partial charge is 0.377 e. The average molecular weight is 339 g/mol. The molecule has 4 N–H and O–H groups in total. The maximum absolute atomic E-state index is 6.55. The van der Waals surface area contributed by atoms with Gasteiger partial charge in [-0.1, -0.05) is 49.8 Å². The fourth-order valence-corrected chi connectivity index (χ4v) is 5.01. The van der Waals surface area contributed by atoms with Crippen molar-refractivity contribution in [2.24, 2.45) is 11.5 Å². The largest absolute Gasteiger partial charge is 0.502 e. The van der Waals surface area contributed by atoms with Crippen molar-refractivity contribution in [2.75, 3.05) is 20.3 Å². The molecule has 2 unspecified atom stereocenters. The predicted molar refractivity (Wildman–Crippen MR) is 95.8 cm³/mol. The second-order valence-electron chi connectivity index (χ2n) is 5.60. The van der Waals surface area contributed by atoms with Crippen molar-refractivity contribution in [2.45, 2.75) is 38.0 Å². The van der Waals surface area contributed by atoms with Crippen LogP contribution in [0.1, 0.15) is 25.3 Å². The van der Waals surface area contributed by atoms with Crippen LogP contribution in [0.4, 0.5) is 0 Å². The quantitative estimate of drug-likeness (QED) is 0.348. The van der Waals surface area contributed by atoms with Gasteiger partial charge in [-0.05, 0) is 12.1 Å². The van der Waals surface area contributed by atoms with E-state index >= 15 is 0 Å². The number of rotatable bonds is 12. The standard InChI is InChI=1S/C17H30N2O3Si/c1-4-13-21-23(20-3,14-5-2)22-17(19,11-12-18)15-16-9-7-6-8-10-16/h4,6-10H,1,5,11-15,18-19H2,2-3H3. The van der Waals surface area contributed by atoms with Gasteiger partial charge in [0.15, 0.2) is 0 Å². The number of nitrogens with two attached hydrogens (primary N) is 2. The van der Waals surface area contributed by atoms with Crippen LogP contribution in [0.15, 0.2) is 43.0 Å². The zero-order valence-corrected chi connectivity index (χ0v) is 15.3. The van der Waals surface area contributed by atoms with Crippen LogP contribution in [0.3, 0.4) is 0 Å². The summed E-state index contributed by atoms with van der Waals surface area (Å²) >= 11 is 0. The lowest BCUT2D eigenvalue weighted by molar-refractivity contribution is -0.0223. The average Bonchev–Trinajstić information content (AvgIpc) is 2.54. The summed E-state index contributed by atoms with van der Waals surface area (Å²) in [5, 5.41) is 0. The lowest BCUT2D eigenvalue weighted by atomic mass is 10.0. The van der Waals surface area contributed by atoms with Crippen LogP contribution in [-0.2, 0) is 19.7 Å². The highest BCUT2D eigenvalue weighted by molar-refractivity contribution is 6.60. The van der Waals surface area contributed by atoms with E-state index in [0.717, 1.165) is 12.0 Å². The Balaban J connectivity index is 2.97. The fourth-order valence-electron chi connectivity index (χ4n) is 2.52. The number of hydrogen-bond acceptors (Lipinski definition) is 5. The summed E-state index contributed by atoms with van der Waals surface area (Å²) < 4.78 is 17.9. The first-order valence-corrected chi connectivity index (χ1v) is 9.99. The molecule has 0 heterocycles. The van der Waals surface area contributed by atoms with E-state index in [1.807, 2.05) is 30.3 Å². The number of benzene rings is 1. The molecular weight excluding hydrogens is 308 g/mol. The van der Waals surface area contributed by atoms with Gasteiger partial charge in [-0.2, -0.15) is 0 Å². The summed E-state index contributed by atoms with van der Waals surface area (Å²) in [7, 11) is -1.25. The van der Waals surface area contributed by atoms with E-state index in [4.69, 9.17) is 24.7 Å². The van der Waals surface area contributed by atoms with Gasteiger partial charge in [-0.15, -0.1) is 6.58 Å². The first-order chi connectivity index (χ1) is 11.0. The first-order valence-electron chi connectivity index (χ1n) is 8.06. The van der Waals surface area contributed by atoms with Crippen LogP contribution < -0.4 is 11.5 Å². The van der Waals surface area contributed by atoms with Crippen molar-refractivity contribution in [3.05, 3.63) is 48.6 Å². The zero-order valence-electron chi connectivity index (χ0n) is 14.3. The van der Waals surface area contributed by atoms with Crippen molar-refractivity contribution in [3.8, 4) is 0 Å². The van der Waals surface area contributed by atoms with Crippen LogP contribution in [0.25, 0.3) is 0 Å². The Morgan fingerprint density at radius 3 is 2.52 bits per heavy atom. The van der Waals surface area contributed by atoms with E-state index in [9.17, 15) is 0 Å². The van der Waals surface area contributed by atoms with Crippen molar-refractivity contribution in [1.82, 2.24) is 0 Å². The fraction of sp³-hybridized carbons (Fsp3) is 0.529. The molecule has 1 rings (SSSR count). The molecule has 0 aliphatic carbocycles. The molecule has 5 nitrogen and oxygen atoms in total. The first kappa shape index (κ1) is 20.0. The van der Waals surface area contributed by atoms with E-state index in [2.05, 4.69) is 13.5 Å². The van der Waals surface area contributed by atoms with E-state index in [0.29, 0.717) is 32.0 Å². The maximum Gasteiger partial charge on any atom is 0.502 e. The van der Waals surface area contributed by atoms with Crippen molar-refractivity contribution in [1.29, 1.82) is 0 Å². The molecule has 0 aliphatic heterocycles. The minimum Gasteiger partial charge on any atom is -0.377 e. The molecule has 0 spiro atoms. The SMILES string of the molecule is C=CCO[Si](CCC)(OC)OC(N)(CCN)Cc1ccccc1. The molecule has 0 aliphatic rings. The Morgan fingerprint density at radius 1 is 1.30 bits per heavy atom. The highest BCUT2D eigenvalue weighted by atomic mass is 28.4. The van der Waals surface area contributed by atoms with Gasteiger partial charge in [0.25, 0.3) is 0 Å². The molecule has 6 heteroatoms. The third-order valence-corrected chi connectivity index (χ3v) is 6.62. The van der Waals surface area contributed by atoms with Gasteiger partial charge in [0.2, 0.25) is 0 Å². The van der Waals surface area contributed by atoms with Gasteiger partial charge in [0.1, 0.15) is 5.72 Å². The Hall–Kier alpha value is -1.02. The van der Waals surface area contributed by atoms with Crippen LogP contribution in [-0.4, -0.2) is 34.8 Å². The third-order valence-electron chi connectivity index (χ3n) is 3.56. The third kappa shape index (κ3) is 6.54. The van der Waals surface area contributed by atoms with E-state index < -0.39 is 14.5 Å². The summed E-state index contributed by atoms with van der Waals surface area (Å²) in [5.41, 5.74) is 12.5. The second-order valence-corrected chi connectivity index (χ2v) is 8.37. The molecule has 1 aromatic carbocycles. The monoisotopic (exact) mass is 338 g/mol.